The minimum Gasteiger partial charge on any atom is -0.334 e. The Morgan fingerprint density at radius 1 is 1.39 bits per heavy atom. The van der Waals surface area contributed by atoms with Crippen LogP contribution in [-0.4, -0.2) is 40.3 Å². The van der Waals surface area contributed by atoms with Gasteiger partial charge in [-0.05, 0) is 30.0 Å². The Hall–Kier alpha value is -2.15. The zero-order chi connectivity index (χ0) is 16.5. The van der Waals surface area contributed by atoms with Crippen molar-refractivity contribution < 1.29 is 14.8 Å². The number of hydrogen-bond acceptors (Lipinski definition) is 4. The summed E-state index contributed by atoms with van der Waals surface area (Å²) in [6, 6.07) is 3.10. The standard InChI is InChI=1S/C16H24N4O3/c21-12-20(23)11-15(9-13-3-1-2-4-13)19-16(22)18-10-14-5-7-17-8-6-14/h5-8,12-13,15,23H,1-4,9-11H2,(H2,18,19,22). The Bertz CT molecular complexity index is 491. The van der Waals surface area contributed by atoms with Crippen molar-refractivity contribution in [2.75, 3.05) is 6.54 Å². The molecule has 7 heteroatoms. The Labute approximate surface area is 136 Å². The van der Waals surface area contributed by atoms with Crippen LogP contribution in [0, 0.1) is 5.92 Å². The van der Waals surface area contributed by atoms with Gasteiger partial charge in [0.15, 0.2) is 0 Å². The molecule has 1 aromatic rings. The number of pyridine rings is 1. The van der Waals surface area contributed by atoms with Gasteiger partial charge in [0.05, 0.1) is 12.6 Å². The van der Waals surface area contributed by atoms with Crippen LogP contribution in [0.3, 0.4) is 0 Å². The normalized spacial score (nSPS) is 15.9. The molecule has 1 heterocycles. The first-order chi connectivity index (χ1) is 11.2. The molecule has 0 radical (unpaired) electrons. The minimum atomic E-state index is -0.302. The highest BCUT2D eigenvalue weighted by molar-refractivity contribution is 5.74. The molecule has 0 aliphatic heterocycles. The average Bonchev–Trinajstić information content (AvgIpc) is 3.06. The molecule has 1 aromatic heterocycles. The Morgan fingerprint density at radius 3 is 2.74 bits per heavy atom. The van der Waals surface area contributed by atoms with E-state index in [1.54, 1.807) is 12.4 Å². The molecule has 1 aliphatic rings. The summed E-state index contributed by atoms with van der Waals surface area (Å²) in [5.41, 5.74) is 0.958. The van der Waals surface area contributed by atoms with Gasteiger partial charge in [0, 0.05) is 18.9 Å². The Kier molecular flexibility index (Phi) is 6.80. The number of aromatic nitrogens is 1. The Morgan fingerprint density at radius 2 is 2.09 bits per heavy atom. The molecule has 3 amide bonds. The first-order valence-electron chi connectivity index (χ1n) is 8.01. The van der Waals surface area contributed by atoms with Gasteiger partial charge < -0.3 is 10.6 Å². The topological polar surface area (TPSA) is 94.6 Å². The third kappa shape index (κ3) is 6.23. The maximum atomic E-state index is 12.0. The van der Waals surface area contributed by atoms with Gasteiger partial charge >= 0.3 is 6.03 Å². The van der Waals surface area contributed by atoms with Gasteiger partial charge in [0.2, 0.25) is 6.41 Å². The Balaban J connectivity index is 1.82. The second-order valence-electron chi connectivity index (χ2n) is 5.99. The summed E-state index contributed by atoms with van der Waals surface area (Å²) >= 11 is 0. The van der Waals surface area contributed by atoms with Crippen LogP contribution >= 0.6 is 0 Å². The largest absolute Gasteiger partial charge is 0.334 e. The van der Waals surface area contributed by atoms with Crippen LogP contribution in [0.1, 0.15) is 37.7 Å². The van der Waals surface area contributed by atoms with Crippen LogP contribution in [0.2, 0.25) is 0 Å². The van der Waals surface area contributed by atoms with E-state index >= 15 is 0 Å². The van der Waals surface area contributed by atoms with Gasteiger partial charge in [0.25, 0.3) is 0 Å². The molecule has 0 aromatic carbocycles. The minimum absolute atomic E-state index is 0.0999. The summed E-state index contributed by atoms with van der Waals surface area (Å²) in [7, 11) is 0. The van der Waals surface area contributed by atoms with Gasteiger partial charge in [-0.3, -0.25) is 15.0 Å². The van der Waals surface area contributed by atoms with Crippen LogP contribution < -0.4 is 10.6 Å². The summed E-state index contributed by atoms with van der Waals surface area (Å²) in [5, 5.41) is 15.6. The molecule has 0 spiro atoms. The highest BCUT2D eigenvalue weighted by atomic mass is 16.5. The lowest BCUT2D eigenvalue weighted by atomic mass is 9.98. The van der Waals surface area contributed by atoms with E-state index in [-0.39, 0.29) is 18.6 Å². The van der Waals surface area contributed by atoms with Crippen LogP contribution in [0.4, 0.5) is 4.79 Å². The fourth-order valence-electron chi connectivity index (χ4n) is 3.02. The number of carbonyl (C=O) groups is 2. The van der Waals surface area contributed by atoms with Crippen molar-refractivity contribution in [2.24, 2.45) is 5.92 Å². The van der Waals surface area contributed by atoms with Crippen molar-refractivity contribution >= 4 is 12.4 Å². The lowest BCUT2D eigenvalue weighted by molar-refractivity contribution is -0.151. The van der Waals surface area contributed by atoms with E-state index in [4.69, 9.17) is 0 Å². The molecular weight excluding hydrogens is 296 g/mol. The smallest absolute Gasteiger partial charge is 0.315 e. The molecule has 0 bridgehead atoms. The van der Waals surface area contributed by atoms with Gasteiger partial charge in [-0.1, -0.05) is 25.7 Å². The van der Waals surface area contributed by atoms with Crippen LogP contribution in [0.5, 0.6) is 0 Å². The summed E-state index contributed by atoms with van der Waals surface area (Å²) in [6.45, 7) is 0.504. The number of hydroxylamine groups is 2. The SMILES string of the molecule is O=CN(O)CC(CC1CCCC1)NC(=O)NCc1ccncc1. The molecular formula is C16H24N4O3. The lowest BCUT2D eigenvalue weighted by Gasteiger charge is -2.24. The number of carbonyl (C=O) groups excluding carboxylic acids is 2. The third-order valence-electron chi connectivity index (χ3n) is 4.16. The quantitative estimate of drug-likeness (QED) is 0.386. The fraction of sp³-hybridized carbons (Fsp3) is 0.562. The van der Waals surface area contributed by atoms with E-state index < -0.39 is 0 Å². The number of amides is 3. The van der Waals surface area contributed by atoms with Crippen LogP contribution in [-0.2, 0) is 11.3 Å². The highest BCUT2D eigenvalue weighted by Crippen LogP contribution is 2.28. The second kappa shape index (κ2) is 9.09. The molecule has 2 rings (SSSR count). The van der Waals surface area contributed by atoms with Crippen LogP contribution in [0.25, 0.3) is 0 Å². The molecule has 1 saturated carbocycles. The van der Waals surface area contributed by atoms with Crippen molar-refractivity contribution in [3.05, 3.63) is 30.1 Å². The monoisotopic (exact) mass is 320 g/mol. The summed E-state index contributed by atoms with van der Waals surface area (Å²) in [5.74, 6) is 0.542. The van der Waals surface area contributed by atoms with Crippen molar-refractivity contribution in [3.63, 3.8) is 0 Å². The molecule has 23 heavy (non-hydrogen) atoms. The maximum Gasteiger partial charge on any atom is 0.315 e. The molecule has 3 N–H and O–H groups in total. The van der Waals surface area contributed by atoms with E-state index in [1.165, 1.54) is 12.8 Å². The van der Waals surface area contributed by atoms with Gasteiger partial charge in [-0.15, -0.1) is 0 Å². The number of urea groups is 1. The van der Waals surface area contributed by atoms with Crippen LogP contribution in [0.15, 0.2) is 24.5 Å². The van der Waals surface area contributed by atoms with Crippen molar-refractivity contribution in [1.82, 2.24) is 20.7 Å². The maximum absolute atomic E-state index is 12.0. The summed E-state index contributed by atoms with van der Waals surface area (Å²) in [6.07, 6.45) is 9.18. The molecule has 1 fully saturated rings. The van der Waals surface area contributed by atoms with E-state index in [1.807, 2.05) is 12.1 Å². The first-order valence-corrected chi connectivity index (χ1v) is 8.01. The summed E-state index contributed by atoms with van der Waals surface area (Å²) < 4.78 is 0. The number of nitrogens with zero attached hydrogens (tertiary/aromatic N) is 2. The number of hydrogen-bond donors (Lipinski definition) is 3. The first kappa shape index (κ1) is 17.2. The molecule has 7 nitrogen and oxygen atoms in total. The zero-order valence-electron chi connectivity index (χ0n) is 13.1. The highest BCUT2D eigenvalue weighted by Gasteiger charge is 2.22. The zero-order valence-corrected chi connectivity index (χ0v) is 13.1. The molecule has 0 saturated heterocycles. The predicted octanol–water partition coefficient (Wildman–Crippen LogP) is 1.68. The van der Waals surface area contributed by atoms with Crippen molar-refractivity contribution in [3.8, 4) is 0 Å². The van der Waals surface area contributed by atoms with Gasteiger partial charge in [-0.25, -0.2) is 9.86 Å². The summed E-state index contributed by atoms with van der Waals surface area (Å²) in [4.78, 5) is 26.6. The second-order valence-corrected chi connectivity index (χ2v) is 5.99. The van der Waals surface area contributed by atoms with Crippen molar-refractivity contribution in [2.45, 2.75) is 44.7 Å². The number of nitrogens with one attached hydrogen (secondary N) is 2. The van der Waals surface area contributed by atoms with Gasteiger partial charge in [0.1, 0.15) is 0 Å². The van der Waals surface area contributed by atoms with E-state index in [2.05, 4.69) is 15.6 Å². The predicted molar refractivity (Wildman–Crippen MR) is 84.5 cm³/mol. The molecule has 1 aliphatic carbocycles. The lowest BCUT2D eigenvalue weighted by Crippen LogP contribution is -2.47. The number of rotatable bonds is 8. The van der Waals surface area contributed by atoms with E-state index in [0.29, 0.717) is 23.9 Å². The fourth-order valence-corrected chi connectivity index (χ4v) is 3.02. The van der Waals surface area contributed by atoms with Crippen molar-refractivity contribution in [1.29, 1.82) is 0 Å². The van der Waals surface area contributed by atoms with E-state index in [0.717, 1.165) is 24.8 Å². The molecule has 1 atom stereocenters. The average molecular weight is 320 g/mol. The molecule has 1 unspecified atom stereocenters. The molecule has 126 valence electrons. The van der Waals surface area contributed by atoms with E-state index in [9.17, 15) is 14.8 Å². The third-order valence-corrected chi connectivity index (χ3v) is 4.16. The van der Waals surface area contributed by atoms with Gasteiger partial charge in [-0.2, -0.15) is 0 Å².